The maximum Gasteiger partial charge on any atom is 0.318 e. The van der Waals surface area contributed by atoms with Gasteiger partial charge in [0.2, 0.25) is 0 Å². The molecule has 1 N–H and O–H groups in total. The van der Waals surface area contributed by atoms with Gasteiger partial charge in [-0.25, -0.2) is 4.79 Å². The molecule has 0 aromatic carbocycles. The number of morpholine rings is 1. The van der Waals surface area contributed by atoms with Gasteiger partial charge in [0.25, 0.3) is 0 Å². The van der Waals surface area contributed by atoms with E-state index in [2.05, 4.69) is 16.1 Å². The zero-order chi connectivity index (χ0) is 12.8. The first-order chi connectivity index (χ1) is 8.81. The van der Waals surface area contributed by atoms with Crippen LogP contribution in [0.5, 0.6) is 0 Å². The molecule has 0 aromatic rings. The van der Waals surface area contributed by atoms with Crippen LogP contribution in [0, 0.1) is 12.3 Å². The lowest BCUT2D eigenvalue weighted by atomic mass is 10.2. The van der Waals surface area contributed by atoms with Crippen LogP contribution in [0.3, 0.4) is 0 Å². The predicted molar refractivity (Wildman–Crippen MR) is 69.2 cm³/mol. The van der Waals surface area contributed by atoms with Crippen molar-refractivity contribution in [3.05, 3.63) is 0 Å². The fraction of sp³-hybridized carbons (Fsp3) is 0.769. The molecule has 2 saturated heterocycles. The van der Waals surface area contributed by atoms with E-state index in [1.54, 1.807) is 0 Å². The van der Waals surface area contributed by atoms with Gasteiger partial charge in [-0.1, -0.05) is 5.92 Å². The average Bonchev–Trinajstić information content (AvgIpc) is 2.85. The second kappa shape index (κ2) is 6.62. The summed E-state index contributed by atoms with van der Waals surface area (Å²) < 4.78 is 5.33. The Labute approximate surface area is 108 Å². The van der Waals surface area contributed by atoms with Crippen molar-refractivity contribution in [1.29, 1.82) is 0 Å². The SMILES string of the molecule is C#CCNC(=O)N1CCCC1CN1CCOCC1. The third-order valence-electron chi connectivity index (χ3n) is 3.55. The molecule has 2 amide bonds. The highest BCUT2D eigenvalue weighted by atomic mass is 16.5. The molecule has 1 unspecified atom stereocenters. The summed E-state index contributed by atoms with van der Waals surface area (Å²) >= 11 is 0. The molecular formula is C13H21N3O2. The van der Waals surface area contributed by atoms with Gasteiger partial charge >= 0.3 is 6.03 Å². The van der Waals surface area contributed by atoms with Crippen molar-refractivity contribution in [2.24, 2.45) is 0 Å². The molecule has 0 aliphatic carbocycles. The van der Waals surface area contributed by atoms with E-state index in [4.69, 9.17) is 11.2 Å². The Bertz CT molecular complexity index is 321. The number of urea groups is 1. The summed E-state index contributed by atoms with van der Waals surface area (Å²) in [5.41, 5.74) is 0. The van der Waals surface area contributed by atoms with Crippen LogP contribution >= 0.6 is 0 Å². The van der Waals surface area contributed by atoms with Crippen LogP contribution in [0.1, 0.15) is 12.8 Å². The summed E-state index contributed by atoms with van der Waals surface area (Å²) in [6.45, 7) is 5.64. The zero-order valence-corrected chi connectivity index (χ0v) is 10.7. The van der Waals surface area contributed by atoms with Crippen LogP contribution < -0.4 is 5.32 Å². The number of nitrogens with zero attached hydrogens (tertiary/aromatic N) is 2. The Kier molecular flexibility index (Phi) is 4.85. The van der Waals surface area contributed by atoms with Crippen LogP contribution in [0.25, 0.3) is 0 Å². The second-order valence-electron chi connectivity index (χ2n) is 4.77. The van der Waals surface area contributed by atoms with Gasteiger partial charge in [-0.15, -0.1) is 6.42 Å². The van der Waals surface area contributed by atoms with Crippen LogP contribution in [-0.2, 0) is 4.74 Å². The molecule has 2 heterocycles. The number of rotatable bonds is 3. The average molecular weight is 251 g/mol. The first-order valence-electron chi connectivity index (χ1n) is 6.59. The summed E-state index contributed by atoms with van der Waals surface area (Å²) in [6.07, 6.45) is 7.32. The molecule has 0 radical (unpaired) electrons. The Balaban J connectivity index is 1.82. The van der Waals surface area contributed by atoms with Gasteiger partial charge in [-0.3, -0.25) is 4.90 Å². The van der Waals surface area contributed by atoms with E-state index in [-0.39, 0.29) is 6.03 Å². The lowest BCUT2D eigenvalue weighted by molar-refractivity contribution is 0.0292. The van der Waals surface area contributed by atoms with E-state index in [0.717, 1.165) is 52.2 Å². The Morgan fingerprint density at radius 1 is 1.39 bits per heavy atom. The van der Waals surface area contributed by atoms with Crippen molar-refractivity contribution < 1.29 is 9.53 Å². The second-order valence-corrected chi connectivity index (χ2v) is 4.77. The number of hydrogen-bond acceptors (Lipinski definition) is 3. The Hall–Kier alpha value is -1.25. The number of nitrogens with one attached hydrogen (secondary N) is 1. The van der Waals surface area contributed by atoms with E-state index in [1.165, 1.54) is 0 Å². The number of amides is 2. The molecule has 18 heavy (non-hydrogen) atoms. The van der Waals surface area contributed by atoms with Crippen molar-refractivity contribution in [3.63, 3.8) is 0 Å². The number of likely N-dealkylation sites (tertiary alicyclic amines) is 1. The smallest absolute Gasteiger partial charge is 0.318 e. The lowest BCUT2D eigenvalue weighted by Gasteiger charge is -2.32. The van der Waals surface area contributed by atoms with E-state index in [1.807, 2.05) is 4.90 Å². The minimum absolute atomic E-state index is 0.0243. The minimum Gasteiger partial charge on any atom is -0.379 e. The maximum absolute atomic E-state index is 11.9. The fourth-order valence-electron chi connectivity index (χ4n) is 2.60. The number of carbonyl (C=O) groups excluding carboxylic acids is 1. The summed E-state index contributed by atoms with van der Waals surface area (Å²) in [7, 11) is 0. The van der Waals surface area contributed by atoms with Crippen LogP contribution in [0.4, 0.5) is 4.79 Å². The first-order valence-corrected chi connectivity index (χ1v) is 6.59. The van der Waals surface area contributed by atoms with Gasteiger partial charge in [-0.05, 0) is 12.8 Å². The van der Waals surface area contributed by atoms with Crippen molar-refractivity contribution >= 4 is 6.03 Å². The molecule has 0 bridgehead atoms. The molecule has 0 aromatic heterocycles. The van der Waals surface area contributed by atoms with Crippen LogP contribution in [0.2, 0.25) is 0 Å². The predicted octanol–water partition coefficient (Wildman–Crippen LogP) is 0.126. The summed E-state index contributed by atoms with van der Waals surface area (Å²) in [6, 6.07) is 0.296. The Morgan fingerprint density at radius 3 is 2.89 bits per heavy atom. The van der Waals surface area contributed by atoms with Gasteiger partial charge in [0.1, 0.15) is 0 Å². The van der Waals surface area contributed by atoms with E-state index in [9.17, 15) is 4.79 Å². The number of hydrogen-bond donors (Lipinski definition) is 1. The largest absolute Gasteiger partial charge is 0.379 e. The molecule has 1 atom stereocenters. The number of terminal acetylenes is 1. The van der Waals surface area contributed by atoms with Crippen molar-refractivity contribution in [2.45, 2.75) is 18.9 Å². The zero-order valence-electron chi connectivity index (χ0n) is 10.7. The third kappa shape index (κ3) is 3.37. The van der Waals surface area contributed by atoms with Gasteiger partial charge in [0, 0.05) is 32.2 Å². The lowest BCUT2D eigenvalue weighted by Crippen LogP contribution is -2.49. The van der Waals surface area contributed by atoms with Crippen molar-refractivity contribution in [1.82, 2.24) is 15.1 Å². The first kappa shape index (κ1) is 13.2. The third-order valence-corrected chi connectivity index (χ3v) is 3.55. The van der Waals surface area contributed by atoms with E-state index >= 15 is 0 Å². The fourth-order valence-corrected chi connectivity index (χ4v) is 2.60. The molecule has 5 nitrogen and oxygen atoms in total. The quantitative estimate of drug-likeness (QED) is 0.725. The number of ether oxygens (including phenoxy) is 1. The highest BCUT2D eigenvalue weighted by Gasteiger charge is 2.30. The molecule has 100 valence electrons. The minimum atomic E-state index is -0.0243. The Morgan fingerprint density at radius 2 is 2.17 bits per heavy atom. The highest BCUT2D eigenvalue weighted by molar-refractivity contribution is 5.75. The van der Waals surface area contributed by atoms with Crippen molar-refractivity contribution in [2.75, 3.05) is 45.9 Å². The molecular weight excluding hydrogens is 230 g/mol. The van der Waals surface area contributed by atoms with Gasteiger partial charge in [0.05, 0.1) is 19.8 Å². The molecule has 2 rings (SSSR count). The summed E-state index contributed by atoms with van der Waals surface area (Å²) in [4.78, 5) is 16.2. The van der Waals surface area contributed by atoms with Crippen LogP contribution in [0.15, 0.2) is 0 Å². The van der Waals surface area contributed by atoms with Crippen molar-refractivity contribution in [3.8, 4) is 12.3 Å². The monoisotopic (exact) mass is 251 g/mol. The molecule has 5 heteroatoms. The number of carbonyl (C=O) groups is 1. The van der Waals surface area contributed by atoms with Gasteiger partial charge in [-0.2, -0.15) is 0 Å². The standard InChI is InChI=1S/C13H21N3O2/c1-2-5-14-13(17)16-6-3-4-12(16)11-15-7-9-18-10-8-15/h1,12H,3-11H2,(H,14,17). The summed E-state index contributed by atoms with van der Waals surface area (Å²) in [5.74, 6) is 2.43. The molecule has 0 saturated carbocycles. The topological polar surface area (TPSA) is 44.8 Å². The van der Waals surface area contributed by atoms with Gasteiger partial charge in [0.15, 0.2) is 0 Å². The van der Waals surface area contributed by atoms with E-state index < -0.39 is 0 Å². The van der Waals surface area contributed by atoms with Crippen LogP contribution in [-0.4, -0.2) is 67.8 Å². The van der Waals surface area contributed by atoms with Gasteiger partial charge < -0.3 is 15.0 Å². The molecule has 2 aliphatic rings. The highest BCUT2D eigenvalue weighted by Crippen LogP contribution is 2.18. The molecule has 2 fully saturated rings. The molecule has 0 spiro atoms. The summed E-state index contributed by atoms with van der Waals surface area (Å²) in [5, 5.41) is 2.75. The molecule has 2 aliphatic heterocycles. The normalized spacial score (nSPS) is 24.8. The van der Waals surface area contributed by atoms with E-state index in [0.29, 0.717) is 12.6 Å². The maximum atomic E-state index is 11.9.